The number of nitrogen functional groups attached to an aromatic ring is 1. The van der Waals surface area contributed by atoms with Gasteiger partial charge in [-0.2, -0.15) is 0 Å². The predicted octanol–water partition coefficient (Wildman–Crippen LogP) is 0.970. The highest BCUT2D eigenvalue weighted by Gasteiger charge is 1.94. The van der Waals surface area contributed by atoms with Gasteiger partial charge in [-0.3, -0.25) is 0 Å². The molecule has 3 heteroatoms. The third-order valence-electron chi connectivity index (χ3n) is 1.30. The van der Waals surface area contributed by atoms with E-state index < -0.39 is 0 Å². The molecular formula is C7H9N3. The second-order valence-electron chi connectivity index (χ2n) is 2.06. The molecule has 3 nitrogen and oxygen atoms in total. The highest BCUT2D eigenvalue weighted by atomic mass is 14.8. The molecular weight excluding hydrogens is 126 g/mol. The molecule has 0 amide bonds. The van der Waals surface area contributed by atoms with E-state index in [1.54, 1.807) is 12.1 Å². The second kappa shape index (κ2) is 2.47. The van der Waals surface area contributed by atoms with Crippen LogP contribution in [0.15, 0.2) is 12.1 Å². The van der Waals surface area contributed by atoms with E-state index in [2.05, 4.69) is 4.98 Å². The zero-order valence-electron chi connectivity index (χ0n) is 5.76. The first-order valence-corrected chi connectivity index (χ1v) is 2.97. The summed E-state index contributed by atoms with van der Waals surface area (Å²) in [5.74, 6) is 0.503. The molecule has 0 bridgehead atoms. The molecule has 0 saturated carbocycles. The molecule has 0 aliphatic heterocycles. The highest BCUT2D eigenvalue weighted by molar-refractivity contribution is 5.78. The Morgan fingerprint density at radius 1 is 1.60 bits per heavy atom. The van der Waals surface area contributed by atoms with Crippen molar-refractivity contribution in [2.75, 3.05) is 5.73 Å². The standard InChI is InChI=1S/C7H9N3/c1-5-6(4-8)2-3-7(9)10-5/h2-4,8H,1H3,(H2,9,10). The van der Waals surface area contributed by atoms with E-state index >= 15 is 0 Å². The molecule has 0 aromatic carbocycles. The van der Waals surface area contributed by atoms with E-state index in [1.807, 2.05) is 6.92 Å². The Morgan fingerprint density at radius 2 is 2.30 bits per heavy atom. The van der Waals surface area contributed by atoms with Crippen molar-refractivity contribution in [2.24, 2.45) is 0 Å². The molecule has 0 fully saturated rings. The molecule has 0 saturated heterocycles. The van der Waals surface area contributed by atoms with Gasteiger partial charge in [0.15, 0.2) is 0 Å². The monoisotopic (exact) mass is 135 g/mol. The molecule has 0 spiro atoms. The van der Waals surface area contributed by atoms with Gasteiger partial charge in [-0.25, -0.2) is 4.98 Å². The maximum Gasteiger partial charge on any atom is 0.123 e. The van der Waals surface area contributed by atoms with Gasteiger partial charge in [0.25, 0.3) is 0 Å². The van der Waals surface area contributed by atoms with E-state index in [9.17, 15) is 0 Å². The number of rotatable bonds is 1. The molecule has 1 aromatic rings. The second-order valence-corrected chi connectivity index (χ2v) is 2.06. The number of hydrogen-bond acceptors (Lipinski definition) is 3. The summed E-state index contributed by atoms with van der Waals surface area (Å²) in [5.41, 5.74) is 7.01. The minimum atomic E-state index is 0.503. The van der Waals surface area contributed by atoms with E-state index in [4.69, 9.17) is 11.1 Å². The minimum absolute atomic E-state index is 0.503. The Balaban J connectivity index is 3.19. The van der Waals surface area contributed by atoms with Crippen molar-refractivity contribution < 1.29 is 0 Å². The molecule has 0 radical (unpaired) electrons. The average molecular weight is 135 g/mol. The van der Waals surface area contributed by atoms with Gasteiger partial charge in [-0.15, -0.1) is 0 Å². The van der Waals surface area contributed by atoms with Crippen LogP contribution >= 0.6 is 0 Å². The van der Waals surface area contributed by atoms with Gasteiger partial charge in [0.1, 0.15) is 5.82 Å². The van der Waals surface area contributed by atoms with Crippen LogP contribution < -0.4 is 5.73 Å². The van der Waals surface area contributed by atoms with E-state index in [1.165, 1.54) is 6.21 Å². The number of nitrogens with one attached hydrogen (secondary N) is 1. The van der Waals surface area contributed by atoms with Crippen LogP contribution in [0.2, 0.25) is 0 Å². The molecule has 52 valence electrons. The number of pyridine rings is 1. The summed E-state index contributed by atoms with van der Waals surface area (Å²) in [6.07, 6.45) is 1.27. The average Bonchev–Trinajstić information content (AvgIpc) is 1.88. The lowest BCUT2D eigenvalue weighted by Crippen LogP contribution is -1.95. The first-order valence-electron chi connectivity index (χ1n) is 2.97. The van der Waals surface area contributed by atoms with Crippen molar-refractivity contribution in [2.45, 2.75) is 6.92 Å². The molecule has 1 aromatic heterocycles. The normalized spacial score (nSPS) is 9.30. The van der Waals surface area contributed by atoms with Crippen molar-refractivity contribution >= 4 is 12.0 Å². The van der Waals surface area contributed by atoms with Gasteiger partial charge >= 0.3 is 0 Å². The minimum Gasteiger partial charge on any atom is -0.384 e. The van der Waals surface area contributed by atoms with E-state index in [-0.39, 0.29) is 0 Å². The lowest BCUT2D eigenvalue weighted by atomic mass is 10.2. The van der Waals surface area contributed by atoms with Crippen molar-refractivity contribution in [3.63, 3.8) is 0 Å². The maximum absolute atomic E-state index is 6.95. The largest absolute Gasteiger partial charge is 0.384 e. The zero-order valence-corrected chi connectivity index (χ0v) is 5.76. The number of aryl methyl sites for hydroxylation is 1. The first-order chi connectivity index (χ1) is 4.74. The predicted molar refractivity (Wildman–Crippen MR) is 41.3 cm³/mol. The molecule has 0 atom stereocenters. The fraction of sp³-hybridized carbons (Fsp3) is 0.143. The zero-order chi connectivity index (χ0) is 7.56. The van der Waals surface area contributed by atoms with E-state index in [0.29, 0.717) is 5.82 Å². The molecule has 0 aliphatic carbocycles. The third-order valence-corrected chi connectivity index (χ3v) is 1.30. The summed E-state index contributed by atoms with van der Waals surface area (Å²) in [4.78, 5) is 3.97. The summed E-state index contributed by atoms with van der Waals surface area (Å²) in [5, 5.41) is 6.95. The van der Waals surface area contributed by atoms with Crippen molar-refractivity contribution in [3.8, 4) is 0 Å². The quantitative estimate of drug-likeness (QED) is 0.563. The Labute approximate surface area is 59.4 Å². The lowest BCUT2D eigenvalue weighted by molar-refractivity contribution is 1.20. The van der Waals surface area contributed by atoms with Crippen LogP contribution in [0.1, 0.15) is 11.3 Å². The van der Waals surface area contributed by atoms with Crippen LogP contribution in [-0.2, 0) is 0 Å². The SMILES string of the molecule is Cc1nc(N)ccc1C=N. The first kappa shape index (κ1) is 6.74. The van der Waals surface area contributed by atoms with Gasteiger partial charge in [0.05, 0.1) is 0 Å². The molecule has 0 unspecified atom stereocenters. The number of nitrogens with zero attached hydrogens (tertiary/aromatic N) is 1. The van der Waals surface area contributed by atoms with Gasteiger partial charge in [0, 0.05) is 17.5 Å². The van der Waals surface area contributed by atoms with Crippen LogP contribution in [0, 0.1) is 12.3 Å². The van der Waals surface area contributed by atoms with E-state index in [0.717, 1.165) is 11.3 Å². The van der Waals surface area contributed by atoms with Gasteiger partial charge in [0.2, 0.25) is 0 Å². The smallest absolute Gasteiger partial charge is 0.123 e. The van der Waals surface area contributed by atoms with Crippen molar-refractivity contribution in [1.82, 2.24) is 4.98 Å². The lowest BCUT2D eigenvalue weighted by Gasteiger charge is -1.97. The Morgan fingerprint density at radius 3 is 2.80 bits per heavy atom. The number of nitrogens with two attached hydrogens (primary N) is 1. The van der Waals surface area contributed by atoms with Crippen LogP contribution in [0.25, 0.3) is 0 Å². The number of aromatic nitrogens is 1. The fourth-order valence-electron chi connectivity index (χ4n) is 0.744. The Bertz CT molecular complexity index is 255. The van der Waals surface area contributed by atoms with Crippen LogP contribution in [0.5, 0.6) is 0 Å². The van der Waals surface area contributed by atoms with Gasteiger partial charge < -0.3 is 11.1 Å². The maximum atomic E-state index is 6.95. The molecule has 0 aliphatic rings. The number of anilines is 1. The summed E-state index contributed by atoms with van der Waals surface area (Å²) < 4.78 is 0. The topological polar surface area (TPSA) is 62.8 Å². The summed E-state index contributed by atoms with van der Waals surface area (Å²) in [7, 11) is 0. The number of hydrogen-bond donors (Lipinski definition) is 2. The summed E-state index contributed by atoms with van der Waals surface area (Å²) in [6.45, 7) is 1.83. The third kappa shape index (κ3) is 1.13. The van der Waals surface area contributed by atoms with Crippen LogP contribution in [0.4, 0.5) is 5.82 Å². The van der Waals surface area contributed by atoms with Crippen molar-refractivity contribution in [3.05, 3.63) is 23.4 Å². The molecule has 3 N–H and O–H groups in total. The summed E-state index contributed by atoms with van der Waals surface area (Å²) in [6, 6.07) is 3.47. The van der Waals surface area contributed by atoms with Crippen LogP contribution in [-0.4, -0.2) is 11.2 Å². The summed E-state index contributed by atoms with van der Waals surface area (Å²) >= 11 is 0. The van der Waals surface area contributed by atoms with Gasteiger partial charge in [-0.05, 0) is 19.1 Å². The molecule has 1 rings (SSSR count). The molecule has 10 heavy (non-hydrogen) atoms. The van der Waals surface area contributed by atoms with Crippen LogP contribution in [0.3, 0.4) is 0 Å². The molecule has 1 heterocycles. The Hall–Kier alpha value is -1.38. The highest BCUT2D eigenvalue weighted by Crippen LogP contribution is 2.04. The van der Waals surface area contributed by atoms with Crippen molar-refractivity contribution in [1.29, 1.82) is 5.41 Å². The fourth-order valence-corrected chi connectivity index (χ4v) is 0.744. The Kier molecular flexibility index (Phi) is 1.67. The van der Waals surface area contributed by atoms with Gasteiger partial charge in [-0.1, -0.05) is 0 Å².